The van der Waals surface area contributed by atoms with E-state index in [4.69, 9.17) is 33.9 Å². The third-order valence-corrected chi connectivity index (χ3v) is 6.57. The van der Waals surface area contributed by atoms with Crippen LogP contribution < -0.4 is 10.6 Å². The molecule has 2 atom stereocenters. The molecular weight excluding hydrogens is 440 g/mol. The standard InChI is InChI=1S/C24H30N4O2S2/c31-23(25-21(19-7-3-1-4-8-19)27-11-15-29-16-12-27)24(32)26-22(20-9-5-2-6-10-20)28-13-17-30-18-14-28/h1-10,21-22H,11-18H2,(H,25,31)(H,26,32). The van der Waals surface area contributed by atoms with Crippen LogP contribution in [-0.2, 0) is 9.47 Å². The number of hydrogen-bond acceptors (Lipinski definition) is 6. The van der Waals surface area contributed by atoms with Crippen LogP contribution in [0.2, 0.25) is 0 Å². The van der Waals surface area contributed by atoms with Crippen LogP contribution in [-0.4, -0.2) is 72.4 Å². The van der Waals surface area contributed by atoms with Gasteiger partial charge in [0.2, 0.25) is 0 Å². The second-order valence-corrected chi connectivity index (χ2v) is 8.69. The van der Waals surface area contributed by atoms with Crippen LogP contribution >= 0.6 is 24.4 Å². The number of rotatable bonds is 6. The molecule has 0 bridgehead atoms. The summed E-state index contributed by atoms with van der Waals surface area (Å²) in [6.07, 6.45) is -0.100. The first kappa shape index (κ1) is 23.2. The predicted octanol–water partition coefficient (Wildman–Crippen LogP) is 2.88. The fourth-order valence-corrected chi connectivity index (χ4v) is 4.43. The van der Waals surface area contributed by atoms with Crippen molar-refractivity contribution < 1.29 is 9.47 Å². The van der Waals surface area contributed by atoms with Crippen molar-refractivity contribution in [1.29, 1.82) is 0 Å². The molecule has 2 aliphatic heterocycles. The largest absolute Gasteiger partial charge is 0.379 e. The highest BCUT2D eigenvalue weighted by Gasteiger charge is 2.27. The lowest BCUT2D eigenvalue weighted by Gasteiger charge is -2.37. The van der Waals surface area contributed by atoms with E-state index >= 15 is 0 Å². The van der Waals surface area contributed by atoms with Crippen molar-refractivity contribution >= 4 is 34.4 Å². The van der Waals surface area contributed by atoms with Gasteiger partial charge in [0.15, 0.2) is 0 Å². The van der Waals surface area contributed by atoms with Gasteiger partial charge in [0.1, 0.15) is 22.3 Å². The number of nitrogens with zero attached hydrogens (tertiary/aromatic N) is 2. The molecule has 170 valence electrons. The average molecular weight is 471 g/mol. The van der Waals surface area contributed by atoms with E-state index in [1.54, 1.807) is 0 Å². The maximum Gasteiger partial charge on any atom is 0.135 e. The Labute approximate surface area is 200 Å². The predicted molar refractivity (Wildman–Crippen MR) is 135 cm³/mol. The van der Waals surface area contributed by atoms with Crippen LogP contribution in [0.15, 0.2) is 60.7 Å². The third kappa shape index (κ3) is 6.10. The van der Waals surface area contributed by atoms with Gasteiger partial charge in [-0.1, -0.05) is 85.1 Å². The van der Waals surface area contributed by atoms with E-state index in [9.17, 15) is 0 Å². The Morgan fingerprint density at radius 2 is 0.969 bits per heavy atom. The van der Waals surface area contributed by atoms with Crippen LogP contribution in [0.3, 0.4) is 0 Å². The van der Waals surface area contributed by atoms with E-state index in [1.165, 1.54) is 0 Å². The van der Waals surface area contributed by atoms with Gasteiger partial charge in [0.25, 0.3) is 0 Å². The Balaban J connectivity index is 1.48. The molecule has 0 spiro atoms. The summed E-state index contributed by atoms with van der Waals surface area (Å²) >= 11 is 11.6. The molecule has 2 saturated heterocycles. The molecule has 2 unspecified atom stereocenters. The first-order valence-corrected chi connectivity index (χ1v) is 11.9. The molecule has 0 amide bonds. The van der Waals surface area contributed by atoms with Gasteiger partial charge in [-0.3, -0.25) is 9.80 Å². The topological polar surface area (TPSA) is 49.0 Å². The smallest absolute Gasteiger partial charge is 0.135 e. The molecule has 8 heteroatoms. The number of hydrogen-bond donors (Lipinski definition) is 2. The van der Waals surface area contributed by atoms with Crippen molar-refractivity contribution in [2.45, 2.75) is 12.3 Å². The Morgan fingerprint density at radius 1 is 0.625 bits per heavy atom. The lowest BCUT2D eigenvalue weighted by molar-refractivity contribution is 0.0122. The van der Waals surface area contributed by atoms with Gasteiger partial charge in [-0.15, -0.1) is 0 Å². The highest BCUT2D eigenvalue weighted by atomic mass is 32.1. The van der Waals surface area contributed by atoms with E-state index < -0.39 is 0 Å². The van der Waals surface area contributed by atoms with Crippen molar-refractivity contribution in [3.8, 4) is 0 Å². The number of nitrogens with one attached hydrogen (secondary N) is 2. The van der Waals surface area contributed by atoms with E-state index in [0.29, 0.717) is 36.4 Å². The molecule has 2 aromatic rings. The van der Waals surface area contributed by atoms with Crippen molar-refractivity contribution in [3.63, 3.8) is 0 Å². The fourth-order valence-electron chi connectivity index (χ4n) is 4.09. The first-order valence-electron chi connectivity index (χ1n) is 11.1. The Bertz CT molecular complexity index is 799. The second-order valence-electron chi connectivity index (χ2n) is 7.87. The summed E-state index contributed by atoms with van der Waals surface area (Å²) in [5, 5.41) is 7.03. The summed E-state index contributed by atoms with van der Waals surface area (Å²) in [7, 11) is 0. The maximum absolute atomic E-state index is 5.78. The Kier molecular flexibility index (Phi) is 8.55. The zero-order valence-electron chi connectivity index (χ0n) is 18.1. The van der Waals surface area contributed by atoms with Crippen molar-refractivity contribution in [1.82, 2.24) is 20.4 Å². The summed E-state index contributed by atoms with van der Waals surface area (Å²) in [6.45, 7) is 6.24. The Hall–Kier alpha value is -1.94. The van der Waals surface area contributed by atoms with Crippen LogP contribution in [0.1, 0.15) is 23.5 Å². The zero-order chi connectivity index (χ0) is 22.2. The average Bonchev–Trinajstić information content (AvgIpc) is 2.87. The number of ether oxygens (including phenoxy) is 2. The number of thiocarbonyl (C=S) groups is 2. The van der Waals surface area contributed by atoms with Gasteiger partial charge in [-0.05, 0) is 11.1 Å². The zero-order valence-corrected chi connectivity index (χ0v) is 19.7. The number of benzene rings is 2. The Morgan fingerprint density at radius 3 is 1.31 bits per heavy atom. The minimum absolute atomic E-state index is 0.0501. The molecule has 2 aromatic carbocycles. The first-order chi connectivity index (χ1) is 15.7. The molecule has 0 aliphatic carbocycles. The van der Waals surface area contributed by atoms with Crippen LogP contribution in [0.5, 0.6) is 0 Å². The maximum atomic E-state index is 5.78. The van der Waals surface area contributed by atoms with Gasteiger partial charge in [0, 0.05) is 26.2 Å². The molecule has 2 fully saturated rings. The molecule has 32 heavy (non-hydrogen) atoms. The lowest BCUT2D eigenvalue weighted by atomic mass is 10.1. The monoisotopic (exact) mass is 470 g/mol. The summed E-state index contributed by atoms with van der Waals surface area (Å²) in [4.78, 5) is 5.80. The SMILES string of the molecule is S=C(NC(c1ccccc1)N1CCOCC1)C(=S)NC(c1ccccc1)N1CCOCC1. The molecule has 0 radical (unpaired) electrons. The molecular formula is C24H30N4O2S2. The van der Waals surface area contributed by atoms with Crippen LogP contribution in [0.25, 0.3) is 0 Å². The minimum atomic E-state index is -0.0501. The van der Waals surface area contributed by atoms with Crippen LogP contribution in [0, 0.1) is 0 Å². The van der Waals surface area contributed by atoms with E-state index in [0.717, 1.165) is 37.3 Å². The van der Waals surface area contributed by atoms with Gasteiger partial charge >= 0.3 is 0 Å². The van der Waals surface area contributed by atoms with Gasteiger partial charge < -0.3 is 20.1 Å². The molecule has 2 heterocycles. The van der Waals surface area contributed by atoms with Gasteiger partial charge in [0.05, 0.1) is 26.4 Å². The highest BCUT2D eigenvalue weighted by Crippen LogP contribution is 2.21. The molecule has 0 aromatic heterocycles. The second kappa shape index (κ2) is 11.8. The molecule has 2 aliphatic rings. The van der Waals surface area contributed by atoms with Crippen molar-refractivity contribution in [3.05, 3.63) is 71.8 Å². The summed E-state index contributed by atoms with van der Waals surface area (Å²) < 4.78 is 11.1. The molecule has 2 N–H and O–H groups in total. The lowest BCUT2D eigenvalue weighted by Crippen LogP contribution is -2.51. The highest BCUT2D eigenvalue weighted by molar-refractivity contribution is 7.89. The minimum Gasteiger partial charge on any atom is -0.379 e. The van der Waals surface area contributed by atoms with Crippen molar-refractivity contribution in [2.75, 3.05) is 52.6 Å². The molecule has 0 saturated carbocycles. The van der Waals surface area contributed by atoms with Gasteiger partial charge in [-0.25, -0.2) is 0 Å². The van der Waals surface area contributed by atoms with Gasteiger partial charge in [-0.2, -0.15) is 0 Å². The summed E-state index contributed by atoms with van der Waals surface area (Å²) in [5.41, 5.74) is 2.32. The molecule has 4 rings (SSSR count). The summed E-state index contributed by atoms with van der Waals surface area (Å²) in [6, 6.07) is 20.7. The third-order valence-electron chi connectivity index (χ3n) is 5.79. The van der Waals surface area contributed by atoms with E-state index in [1.807, 2.05) is 36.4 Å². The van der Waals surface area contributed by atoms with E-state index in [2.05, 4.69) is 44.7 Å². The van der Waals surface area contributed by atoms with Crippen molar-refractivity contribution in [2.24, 2.45) is 0 Å². The summed E-state index contributed by atoms with van der Waals surface area (Å²) in [5.74, 6) is 0. The fraction of sp³-hybridized carbons (Fsp3) is 0.417. The van der Waals surface area contributed by atoms with Crippen LogP contribution in [0.4, 0.5) is 0 Å². The molecule has 6 nitrogen and oxygen atoms in total. The quantitative estimate of drug-likeness (QED) is 0.625. The normalized spacial score (nSPS) is 19.6. The van der Waals surface area contributed by atoms with E-state index in [-0.39, 0.29) is 12.3 Å². The number of morpholine rings is 2.